The molecule has 2 aromatic carbocycles. The maximum absolute atomic E-state index is 12.7. The van der Waals surface area contributed by atoms with Crippen LogP contribution in [0.2, 0.25) is 0 Å². The van der Waals surface area contributed by atoms with Gasteiger partial charge in [-0.05, 0) is 18.2 Å². The van der Waals surface area contributed by atoms with E-state index in [0.29, 0.717) is 5.69 Å². The molecular weight excluding hydrogens is 372 g/mol. The van der Waals surface area contributed by atoms with Crippen molar-refractivity contribution in [2.45, 2.75) is 11.7 Å². The standard InChI is InChI=1S/C20H16N6OS/c27-19(17-12-21-26(24-17)14-6-2-1-3-7-14)22-16-9-5-4-8-15(16)18-13-25-10-11-28-20(25)23-18/h1-9,12-13H,10-11H2,(H,22,27). The molecule has 3 heterocycles. The zero-order valence-electron chi connectivity index (χ0n) is 14.8. The van der Waals surface area contributed by atoms with E-state index in [2.05, 4.69) is 25.1 Å². The molecule has 0 unspecified atom stereocenters. The number of carbonyl (C=O) groups excluding carboxylic acids is 1. The fraction of sp³-hybridized carbons (Fsp3) is 0.100. The van der Waals surface area contributed by atoms with Crippen molar-refractivity contribution in [2.75, 3.05) is 11.1 Å². The first-order valence-corrected chi connectivity index (χ1v) is 9.85. The third kappa shape index (κ3) is 3.07. The molecule has 7 nitrogen and oxygen atoms in total. The molecule has 0 fully saturated rings. The fourth-order valence-corrected chi connectivity index (χ4v) is 4.04. The van der Waals surface area contributed by atoms with Crippen LogP contribution in [0.1, 0.15) is 10.5 Å². The minimum atomic E-state index is -0.309. The van der Waals surface area contributed by atoms with Gasteiger partial charge in [0.1, 0.15) is 0 Å². The molecule has 4 aromatic rings. The zero-order chi connectivity index (χ0) is 18.9. The Morgan fingerprint density at radius 3 is 2.75 bits per heavy atom. The molecule has 0 radical (unpaired) electrons. The van der Waals surface area contributed by atoms with Gasteiger partial charge < -0.3 is 9.88 Å². The van der Waals surface area contributed by atoms with E-state index in [1.54, 1.807) is 11.8 Å². The summed E-state index contributed by atoms with van der Waals surface area (Å²) in [6.45, 7) is 0.962. The summed E-state index contributed by atoms with van der Waals surface area (Å²) < 4.78 is 2.14. The maximum atomic E-state index is 12.7. The van der Waals surface area contributed by atoms with E-state index < -0.39 is 0 Å². The smallest absolute Gasteiger partial charge is 0.277 e. The molecule has 5 rings (SSSR count). The highest BCUT2D eigenvalue weighted by Crippen LogP contribution is 2.32. The van der Waals surface area contributed by atoms with Crippen LogP contribution in [-0.4, -0.2) is 36.2 Å². The molecule has 138 valence electrons. The Morgan fingerprint density at radius 2 is 1.89 bits per heavy atom. The number of nitrogens with one attached hydrogen (secondary N) is 1. The van der Waals surface area contributed by atoms with Crippen LogP contribution in [0.3, 0.4) is 0 Å². The van der Waals surface area contributed by atoms with Crippen LogP contribution in [0, 0.1) is 0 Å². The molecule has 0 saturated carbocycles. The van der Waals surface area contributed by atoms with Crippen LogP contribution < -0.4 is 5.32 Å². The highest BCUT2D eigenvalue weighted by atomic mass is 32.2. The first-order chi connectivity index (χ1) is 13.8. The lowest BCUT2D eigenvalue weighted by Gasteiger charge is -2.08. The molecule has 28 heavy (non-hydrogen) atoms. The minimum absolute atomic E-state index is 0.251. The second kappa shape index (κ2) is 6.97. The number of hydrogen-bond donors (Lipinski definition) is 1. The van der Waals surface area contributed by atoms with Gasteiger partial charge in [-0.2, -0.15) is 9.90 Å². The average Bonchev–Trinajstić information content (AvgIpc) is 3.45. The van der Waals surface area contributed by atoms with E-state index in [1.165, 1.54) is 11.0 Å². The van der Waals surface area contributed by atoms with Gasteiger partial charge in [-0.3, -0.25) is 4.79 Å². The van der Waals surface area contributed by atoms with Crippen LogP contribution in [0.5, 0.6) is 0 Å². The Labute approximate surface area is 165 Å². The second-order valence-electron chi connectivity index (χ2n) is 6.31. The number of para-hydroxylation sites is 2. The number of aryl methyl sites for hydroxylation is 1. The van der Waals surface area contributed by atoms with E-state index in [1.807, 2.05) is 60.8 Å². The van der Waals surface area contributed by atoms with E-state index in [4.69, 9.17) is 0 Å². The van der Waals surface area contributed by atoms with Crippen LogP contribution in [0.4, 0.5) is 5.69 Å². The Balaban J connectivity index is 1.41. The lowest BCUT2D eigenvalue weighted by Crippen LogP contribution is -2.14. The van der Waals surface area contributed by atoms with E-state index in [0.717, 1.165) is 34.4 Å². The first-order valence-electron chi connectivity index (χ1n) is 8.86. The van der Waals surface area contributed by atoms with E-state index in [9.17, 15) is 4.79 Å². The summed E-state index contributed by atoms with van der Waals surface area (Å²) in [6.07, 6.45) is 3.50. The number of imidazole rings is 1. The summed E-state index contributed by atoms with van der Waals surface area (Å²) in [7, 11) is 0. The van der Waals surface area contributed by atoms with Crippen LogP contribution in [0.25, 0.3) is 16.9 Å². The zero-order valence-corrected chi connectivity index (χ0v) is 15.6. The van der Waals surface area contributed by atoms with Crippen LogP contribution in [0.15, 0.2) is 72.1 Å². The monoisotopic (exact) mass is 388 g/mol. The molecular formula is C20H16N6OS. The molecule has 0 aliphatic carbocycles. The van der Waals surface area contributed by atoms with Crippen molar-refractivity contribution < 1.29 is 4.79 Å². The molecule has 0 spiro atoms. The van der Waals surface area contributed by atoms with Crippen molar-refractivity contribution in [3.63, 3.8) is 0 Å². The van der Waals surface area contributed by atoms with Crippen molar-refractivity contribution in [1.29, 1.82) is 0 Å². The number of amides is 1. The van der Waals surface area contributed by atoms with Crippen molar-refractivity contribution in [3.8, 4) is 16.9 Å². The van der Waals surface area contributed by atoms with Gasteiger partial charge in [0.25, 0.3) is 5.91 Å². The van der Waals surface area contributed by atoms with Crippen molar-refractivity contribution in [3.05, 3.63) is 72.7 Å². The number of nitrogens with zero attached hydrogens (tertiary/aromatic N) is 5. The maximum Gasteiger partial charge on any atom is 0.277 e. The highest BCUT2D eigenvalue weighted by Gasteiger charge is 2.19. The van der Waals surface area contributed by atoms with E-state index >= 15 is 0 Å². The summed E-state index contributed by atoms with van der Waals surface area (Å²) in [6, 6.07) is 17.1. The SMILES string of the molecule is O=C(Nc1ccccc1-c1cn2c(n1)SCC2)c1cnn(-c2ccccc2)n1. The van der Waals surface area contributed by atoms with Gasteiger partial charge in [0.2, 0.25) is 0 Å². The Morgan fingerprint density at radius 1 is 1.07 bits per heavy atom. The molecule has 2 aromatic heterocycles. The quantitative estimate of drug-likeness (QED) is 0.579. The largest absolute Gasteiger partial charge is 0.325 e. The molecule has 8 heteroatoms. The molecule has 1 aliphatic rings. The third-order valence-electron chi connectivity index (χ3n) is 4.47. The van der Waals surface area contributed by atoms with Gasteiger partial charge in [0.15, 0.2) is 10.9 Å². The Kier molecular flexibility index (Phi) is 4.17. The molecule has 1 amide bonds. The van der Waals surface area contributed by atoms with Gasteiger partial charge >= 0.3 is 0 Å². The van der Waals surface area contributed by atoms with Gasteiger partial charge in [0.05, 0.1) is 23.3 Å². The average molecular weight is 388 g/mol. The lowest BCUT2D eigenvalue weighted by atomic mass is 10.1. The van der Waals surface area contributed by atoms with Gasteiger partial charge in [0, 0.05) is 24.1 Å². The molecule has 1 N–H and O–H groups in total. The number of carbonyl (C=O) groups is 1. The summed E-state index contributed by atoms with van der Waals surface area (Å²) in [5.41, 5.74) is 3.48. The molecule has 0 saturated heterocycles. The highest BCUT2D eigenvalue weighted by molar-refractivity contribution is 7.99. The number of benzene rings is 2. The summed E-state index contributed by atoms with van der Waals surface area (Å²) in [4.78, 5) is 18.9. The number of aromatic nitrogens is 5. The van der Waals surface area contributed by atoms with Crippen molar-refractivity contribution in [2.24, 2.45) is 0 Å². The van der Waals surface area contributed by atoms with Crippen molar-refractivity contribution >= 4 is 23.4 Å². The number of anilines is 1. The van der Waals surface area contributed by atoms with Crippen LogP contribution in [-0.2, 0) is 6.54 Å². The van der Waals surface area contributed by atoms with Gasteiger partial charge in [-0.25, -0.2) is 4.98 Å². The first kappa shape index (κ1) is 16.8. The number of fused-ring (bicyclic) bond motifs is 1. The predicted octanol–water partition coefficient (Wildman–Crippen LogP) is 3.49. The molecule has 0 bridgehead atoms. The molecule has 0 atom stereocenters. The van der Waals surface area contributed by atoms with Gasteiger partial charge in [-0.1, -0.05) is 48.2 Å². The third-order valence-corrected chi connectivity index (χ3v) is 5.44. The van der Waals surface area contributed by atoms with E-state index in [-0.39, 0.29) is 11.6 Å². The number of hydrogen-bond acceptors (Lipinski definition) is 5. The summed E-state index contributed by atoms with van der Waals surface area (Å²) in [5, 5.41) is 12.4. The fourth-order valence-electron chi connectivity index (χ4n) is 3.09. The number of thioether (sulfide) groups is 1. The normalized spacial score (nSPS) is 12.7. The topological polar surface area (TPSA) is 77.6 Å². The molecule has 1 aliphatic heterocycles. The Bertz CT molecular complexity index is 1130. The minimum Gasteiger partial charge on any atom is -0.325 e. The van der Waals surface area contributed by atoms with Crippen molar-refractivity contribution in [1.82, 2.24) is 24.5 Å². The summed E-state index contributed by atoms with van der Waals surface area (Å²) >= 11 is 1.74. The number of rotatable bonds is 4. The van der Waals surface area contributed by atoms with Gasteiger partial charge in [-0.15, -0.1) is 5.10 Å². The lowest BCUT2D eigenvalue weighted by molar-refractivity contribution is 0.102. The summed E-state index contributed by atoms with van der Waals surface area (Å²) in [5.74, 6) is 0.744. The Hall–Kier alpha value is -3.39. The van der Waals surface area contributed by atoms with Crippen LogP contribution >= 0.6 is 11.8 Å². The second-order valence-corrected chi connectivity index (χ2v) is 7.37. The predicted molar refractivity (Wildman–Crippen MR) is 108 cm³/mol.